The lowest BCUT2D eigenvalue weighted by Gasteiger charge is -2.07. The van der Waals surface area contributed by atoms with Crippen molar-refractivity contribution in [3.63, 3.8) is 0 Å². The van der Waals surface area contributed by atoms with Gasteiger partial charge < -0.3 is 9.88 Å². The molecule has 0 unspecified atom stereocenters. The van der Waals surface area contributed by atoms with E-state index < -0.39 is 0 Å². The third-order valence-electron chi connectivity index (χ3n) is 4.35. The molecular formula is C22H25N3O. The van der Waals surface area contributed by atoms with E-state index in [-0.39, 0.29) is 5.91 Å². The maximum atomic E-state index is 11.4. The summed E-state index contributed by atoms with van der Waals surface area (Å²) < 4.78 is 2.26. The van der Waals surface area contributed by atoms with E-state index in [4.69, 9.17) is 4.98 Å². The second kappa shape index (κ2) is 8.99. The molecule has 1 N–H and O–H groups in total. The Bertz CT molecular complexity index is 881. The number of benzene rings is 2. The van der Waals surface area contributed by atoms with E-state index in [2.05, 4.69) is 46.3 Å². The Kier molecular flexibility index (Phi) is 6.20. The van der Waals surface area contributed by atoms with Gasteiger partial charge in [-0.15, -0.1) is 0 Å². The fourth-order valence-electron chi connectivity index (χ4n) is 2.98. The molecule has 4 heteroatoms. The van der Waals surface area contributed by atoms with Gasteiger partial charge in [0.05, 0.1) is 11.0 Å². The smallest absolute Gasteiger partial charge is 0.219 e. The van der Waals surface area contributed by atoms with Crippen LogP contribution in [0.4, 0.5) is 0 Å². The summed E-state index contributed by atoms with van der Waals surface area (Å²) in [4.78, 5) is 16.2. The minimum absolute atomic E-state index is 0.101. The fraction of sp³-hybridized carbons (Fsp3) is 0.273. The Labute approximate surface area is 154 Å². The molecule has 26 heavy (non-hydrogen) atoms. The van der Waals surface area contributed by atoms with Crippen LogP contribution >= 0.6 is 0 Å². The summed E-state index contributed by atoms with van der Waals surface area (Å²) >= 11 is 0. The molecule has 0 aliphatic heterocycles. The summed E-state index contributed by atoms with van der Waals surface area (Å²) in [5.74, 6) is 1.17. The predicted octanol–water partition coefficient (Wildman–Crippen LogP) is 4.21. The molecule has 0 bridgehead atoms. The third kappa shape index (κ3) is 4.60. The van der Waals surface area contributed by atoms with Crippen LogP contribution in [0.15, 0.2) is 60.7 Å². The molecule has 134 valence electrons. The van der Waals surface area contributed by atoms with Crippen molar-refractivity contribution in [1.82, 2.24) is 14.9 Å². The average Bonchev–Trinajstić information content (AvgIpc) is 3.03. The SMILES string of the molecule is CCC(=O)NCCCc1nc2ccccc2n1C/C=C/c1ccccc1. The standard InChI is InChI=1S/C22H25N3O/c1-2-22(26)23-16-8-15-21-24-19-13-6-7-14-20(19)25(21)17-9-12-18-10-4-3-5-11-18/h3-7,9-14H,2,8,15-17H2,1H3,(H,23,26)/b12-9+. The lowest BCUT2D eigenvalue weighted by molar-refractivity contribution is -0.120. The number of para-hydroxylation sites is 2. The quantitative estimate of drug-likeness (QED) is 0.621. The van der Waals surface area contributed by atoms with E-state index in [1.807, 2.05) is 37.3 Å². The van der Waals surface area contributed by atoms with E-state index in [1.54, 1.807) is 0 Å². The van der Waals surface area contributed by atoms with E-state index in [9.17, 15) is 4.79 Å². The number of allylic oxidation sites excluding steroid dienone is 1. The summed E-state index contributed by atoms with van der Waals surface area (Å²) in [5.41, 5.74) is 3.37. The Morgan fingerprint density at radius 1 is 1.12 bits per heavy atom. The minimum atomic E-state index is 0.101. The molecule has 1 aromatic heterocycles. The molecule has 2 aromatic carbocycles. The Balaban J connectivity index is 1.72. The van der Waals surface area contributed by atoms with E-state index in [0.717, 1.165) is 36.2 Å². The second-order valence-electron chi connectivity index (χ2n) is 6.25. The summed E-state index contributed by atoms with van der Waals surface area (Å²) in [5, 5.41) is 2.93. The molecule has 0 aliphatic rings. The first-order valence-corrected chi connectivity index (χ1v) is 9.20. The number of nitrogens with one attached hydrogen (secondary N) is 1. The number of hydrogen-bond donors (Lipinski definition) is 1. The number of aromatic nitrogens is 2. The number of hydrogen-bond acceptors (Lipinski definition) is 2. The molecule has 1 heterocycles. The largest absolute Gasteiger partial charge is 0.356 e. The number of nitrogens with zero attached hydrogens (tertiary/aromatic N) is 2. The lowest BCUT2D eigenvalue weighted by Crippen LogP contribution is -2.23. The highest BCUT2D eigenvalue weighted by Gasteiger charge is 2.09. The number of fused-ring (bicyclic) bond motifs is 1. The first-order chi connectivity index (χ1) is 12.8. The van der Waals surface area contributed by atoms with Gasteiger partial charge in [0.2, 0.25) is 5.91 Å². The highest BCUT2D eigenvalue weighted by molar-refractivity contribution is 5.76. The van der Waals surface area contributed by atoms with Crippen molar-refractivity contribution < 1.29 is 4.79 Å². The summed E-state index contributed by atoms with van der Waals surface area (Å²) in [6, 6.07) is 18.5. The van der Waals surface area contributed by atoms with Gasteiger partial charge in [0.25, 0.3) is 0 Å². The Morgan fingerprint density at radius 2 is 1.88 bits per heavy atom. The van der Waals surface area contributed by atoms with E-state index in [0.29, 0.717) is 13.0 Å². The summed E-state index contributed by atoms with van der Waals surface area (Å²) in [7, 11) is 0. The monoisotopic (exact) mass is 347 g/mol. The highest BCUT2D eigenvalue weighted by Crippen LogP contribution is 2.17. The first kappa shape index (κ1) is 17.9. The average molecular weight is 347 g/mol. The molecule has 4 nitrogen and oxygen atoms in total. The molecule has 0 saturated heterocycles. The van der Waals surface area contributed by atoms with Crippen LogP contribution in [0.2, 0.25) is 0 Å². The maximum absolute atomic E-state index is 11.4. The second-order valence-corrected chi connectivity index (χ2v) is 6.25. The van der Waals surface area contributed by atoms with Gasteiger partial charge in [0, 0.05) is 25.9 Å². The number of rotatable bonds is 8. The number of carbonyl (C=O) groups is 1. The molecule has 0 aliphatic carbocycles. The van der Waals surface area contributed by atoms with Gasteiger partial charge >= 0.3 is 0 Å². The molecule has 1 amide bonds. The molecule has 0 spiro atoms. The Morgan fingerprint density at radius 3 is 2.69 bits per heavy atom. The van der Waals surface area contributed by atoms with Crippen LogP contribution in [-0.4, -0.2) is 22.0 Å². The van der Waals surface area contributed by atoms with Gasteiger partial charge in [-0.25, -0.2) is 4.98 Å². The molecular weight excluding hydrogens is 322 g/mol. The van der Waals surface area contributed by atoms with Crippen molar-refractivity contribution in [2.75, 3.05) is 6.54 Å². The number of carbonyl (C=O) groups excluding carboxylic acids is 1. The molecule has 0 radical (unpaired) electrons. The van der Waals surface area contributed by atoms with Crippen molar-refractivity contribution in [1.29, 1.82) is 0 Å². The zero-order valence-corrected chi connectivity index (χ0v) is 15.2. The fourth-order valence-corrected chi connectivity index (χ4v) is 2.98. The minimum Gasteiger partial charge on any atom is -0.356 e. The van der Waals surface area contributed by atoms with E-state index in [1.165, 1.54) is 5.56 Å². The zero-order valence-electron chi connectivity index (χ0n) is 15.2. The van der Waals surface area contributed by atoms with Gasteiger partial charge in [0.15, 0.2) is 0 Å². The molecule has 3 aromatic rings. The van der Waals surface area contributed by atoms with Crippen LogP contribution in [0, 0.1) is 0 Å². The van der Waals surface area contributed by atoms with Crippen molar-refractivity contribution in [2.45, 2.75) is 32.7 Å². The predicted molar refractivity (Wildman–Crippen MR) is 107 cm³/mol. The van der Waals surface area contributed by atoms with Gasteiger partial charge in [-0.2, -0.15) is 0 Å². The van der Waals surface area contributed by atoms with Crippen LogP contribution in [0.1, 0.15) is 31.2 Å². The van der Waals surface area contributed by atoms with Crippen LogP contribution in [0.25, 0.3) is 17.1 Å². The van der Waals surface area contributed by atoms with Crippen LogP contribution in [0.5, 0.6) is 0 Å². The Hall–Kier alpha value is -2.88. The van der Waals surface area contributed by atoms with Crippen molar-refractivity contribution in [3.8, 4) is 0 Å². The van der Waals surface area contributed by atoms with Gasteiger partial charge in [0.1, 0.15) is 5.82 Å². The van der Waals surface area contributed by atoms with Crippen molar-refractivity contribution in [2.24, 2.45) is 0 Å². The van der Waals surface area contributed by atoms with Crippen molar-refractivity contribution in [3.05, 3.63) is 72.1 Å². The highest BCUT2D eigenvalue weighted by atomic mass is 16.1. The summed E-state index contributed by atoms with van der Waals surface area (Å²) in [6.45, 7) is 3.34. The zero-order chi connectivity index (χ0) is 18.2. The third-order valence-corrected chi connectivity index (χ3v) is 4.35. The molecule has 3 rings (SSSR count). The first-order valence-electron chi connectivity index (χ1n) is 9.20. The number of imidazole rings is 1. The maximum Gasteiger partial charge on any atom is 0.219 e. The van der Waals surface area contributed by atoms with Crippen LogP contribution in [-0.2, 0) is 17.8 Å². The number of aryl methyl sites for hydroxylation is 1. The topological polar surface area (TPSA) is 46.9 Å². The normalized spacial score (nSPS) is 11.3. The van der Waals surface area contributed by atoms with Gasteiger partial charge in [-0.3, -0.25) is 4.79 Å². The lowest BCUT2D eigenvalue weighted by atomic mass is 10.2. The van der Waals surface area contributed by atoms with Gasteiger partial charge in [-0.05, 0) is 24.1 Å². The molecule has 0 atom stereocenters. The summed E-state index contributed by atoms with van der Waals surface area (Å²) in [6.07, 6.45) is 6.57. The van der Waals surface area contributed by atoms with Crippen molar-refractivity contribution >= 4 is 23.0 Å². The number of amides is 1. The van der Waals surface area contributed by atoms with Crippen LogP contribution < -0.4 is 5.32 Å². The van der Waals surface area contributed by atoms with E-state index >= 15 is 0 Å². The molecule has 0 saturated carbocycles. The van der Waals surface area contributed by atoms with Gasteiger partial charge in [-0.1, -0.05) is 61.5 Å². The molecule has 0 fully saturated rings. The van der Waals surface area contributed by atoms with Crippen LogP contribution in [0.3, 0.4) is 0 Å².